The molecular weight excluding hydrogens is 289 g/mol. The molecule has 1 heterocycles. The van der Waals surface area contributed by atoms with Crippen molar-refractivity contribution in [2.45, 2.75) is 13.0 Å². The van der Waals surface area contributed by atoms with E-state index in [2.05, 4.69) is 11.4 Å². The number of fused-ring (bicyclic) bond motifs is 1. The molecule has 0 aliphatic heterocycles. The van der Waals surface area contributed by atoms with Crippen LogP contribution >= 0.6 is 11.6 Å². The second kappa shape index (κ2) is 5.51. The smallest absolute Gasteiger partial charge is 0.134 e. The molecule has 0 amide bonds. The van der Waals surface area contributed by atoms with Crippen molar-refractivity contribution in [1.82, 2.24) is 5.32 Å². The van der Waals surface area contributed by atoms with Crippen molar-refractivity contribution in [3.63, 3.8) is 0 Å². The van der Waals surface area contributed by atoms with Gasteiger partial charge in [-0.3, -0.25) is 0 Å². The molecule has 0 spiro atoms. The van der Waals surface area contributed by atoms with E-state index in [4.69, 9.17) is 16.0 Å². The fourth-order valence-corrected chi connectivity index (χ4v) is 2.79. The van der Waals surface area contributed by atoms with Gasteiger partial charge in [0.15, 0.2) is 0 Å². The van der Waals surface area contributed by atoms with Crippen LogP contribution in [0, 0.1) is 12.7 Å². The predicted octanol–water partition coefficient (Wildman–Crippen LogP) is 4.84. The molecule has 0 saturated heterocycles. The van der Waals surface area contributed by atoms with Gasteiger partial charge in [0.25, 0.3) is 0 Å². The minimum atomic E-state index is -0.348. The lowest BCUT2D eigenvalue weighted by atomic mass is 10.0. The van der Waals surface area contributed by atoms with Gasteiger partial charge in [-0.25, -0.2) is 4.39 Å². The van der Waals surface area contributed by atoms with Crippen LogP contribution in [-0.4, -0.2) is 7.05 Å². The summed E-state index contributed by atoms with van der Waals surface area (Å²) in [5, 5.41) is 4.60. The molecule has 1 unspecified atom stereocenters. The van der Waals surface area contributed by atoms with E-state index < -0.39 is 0 Å². The van der Waals surface area contributed by atoms with Gasteiger partial charge < -0.3 is 9.73 Å². The quantitative estimate of drug-likeness (QED) is 0.749. The van der Waals surface area contributed by atoms with Crippen molar-refractivity contribution < 1.29 is 8.81 Å². The number of halogens is 2. The van der Waals surface area contributed by atoms with E-state index in [1.165, 1.54) is 17.7 Å². The van der Waals surface area contributed by atoms with Crippen molar-refractivity contribution in [2.24, 2.45) is 0 Å². The number of furan rings is 1. The molecule has 1 atom stereocenters. The molecule has 21 heavy (non-hydrogen) atoms. The van der Waals surface area contributed by atoms with Crippen LogP contribution in [-0.2, 0) is 0 Å². The van der Waals surface area contributed by atoms with Gasteiger partial charge in [-0.05, 0) is 49.9 Å². The molecule has 0 bridgehead atoms. The number of hydrogen-bond acceptors (Lipinski definition) is 2. The van der Waals surface area contributed by atoms with Crippen LogP contribution in [0.15, 0.2) is 46.9 Å². The zero-order chi connectivity index (χ0) is 15.0. The third-order valence-electron chi connectivity index (χ3n) is 3.54. The topological polar surface area (TPSA) is 25.2 Å². The Bertz CT molecular complexity index is 797. The number of aryl methyl sites for hydroxylation is 1. The van der Waals surface area contributed by atoms with Crippen molar-refractivity contribution in [1.29, 1.82) is 0 Å². The molecule has 3 rings (SSSR count). The van der Waals surface area contributed by atoms with Gasteiger partial charge in [-0.2, -0.15) is 0 Å². The molecule has 4 heteroatoms. The maximum Gasteiger partial charge on any atom is 0.134 e. The summed E-state index contributed by atoms with van der Waals surface area (Å²) in [5.41, 5.74) is 2.79. The lowest BCUT2D eigenvalue weighted by Crippen LogP contribution is -2.17. The van der Waals surface area contributed by atoms with Crippen LogP contribution in [0.3, 0.4) is 0 Å². The van der Waals surface area contributed by atoms with E-state index >= 15 is 0 Å². The normalized spacial score (nSPS) is 12.8. The molecular formula is C17H15ClFNO. The molecule has 0 radical (unpaired) electrons. The van der Waals surface area contributed by atoms with E-state index in [0.29, 0.717) is 5.02 Å². The van der Waals surface area contributed by atoms with Gasteiger partial charge in [-0.1, -0.05) is 29.3 Å². The first-order valence-corrected chi connectivity index (χ1v) is 7.08. The number of hydrogen-bond donors (Lipinski definition) is 1. The molecule has 0 aliphatic rings. The molecule has 2 nitrogen and oxygen atoms in total. The Morgan fingerprint density at radius 2 is 1.95 bits per heavy atom. The highest BCUT2D eigenvalue weighted by Crippen LogP contribution is 2.32. The van der Waals surface area contributed by atoms with E-state index in [1.54, 1.807) is 6.07 Å². The summed E-state index contributed by atoms with van der Waals surface area (Å²) in [5.74, 6) is 0.408. The minimum Gasteiger partial charge on any atom is -0.459 e. The Balaban J connectivity index is 2.09. The van der Waals surface area contributed by atoms with Crippen LogP contribution in [0.5, 0.6) is 0 Å². The summed E-state index contributed by atoms with van der Waals surface area (Å²) >= 11 is 6.16. The highest BCUT2D eigenvalue weighted by atomic mass is 35.5. The summed E-state index contributed by atoms with van der Waals surface area (Å²) in [4.78, 5) is 0. The second-order valence-corrected chi connectivity index (χ2v) is 5.48. The Morgan fingerprint density at radius 3 is 2.67 bits per heavy atom. The Morgan fingerprint density at radius 1 is 1.14 bits per heavy atom. The fourth-order valence-electron chi connectivity index (χ4n) is 2.51. The van der Waals surface area contributed by atoms with Crippen LogP contribution in [0.2, 0.25) is 5.02 Å². The van der Waals surface area contributed by atoms with Crippen molar-refractivity contribution >= 4 is 22.6 Å². The van der Waals surface area contributed by atoms with Gasteiger partial charge >= 0.3 is 0 Å². The fraction of sp³-hybridized carbons (Fsp3) is 0.176. The summed E-state index contributed by atoms with van der Waals surface area (Å²) < 4.78 is 19.1. The maximum atomic E-state index is 13.2. The van der Waals surface area contributed by atoms with E-state index in [-0.39, 0.29) is 11.9 Å². The summed E-state index contributed by atoms with van der Waals surface area (Å²) in [6.45, 7) is 2.04. The van der Waals surface area contributed by atoms with Gasteiger partial charge in [0.05, 0.1) is 6.04 Å². The van der Waals surface area contributed by atoms with Crippen LogP contribution in [0.25, 0.3) is 11.0 Å². The summed E-state index contributed by atoms with van der Waals surface area (Å²) in [6.07, 6.45) is 0. The van der Waals surface area contributed by atoms with Gasteiger partial charge in [0.1, 0.15) is 17.2 Å². The molecule has 0 fully saturated rings. The predicted molar refractivity (Wildman–Crippen MR) is 83.3 cm³/mol. The van der Waals surface area contributed by atoms with E-state index in [1.807, 2.05) is 32.2 Å². The first-order chi connectivity index (χ1) is 10.1. The van der Waals surface area contributed by atoms with Crippen molar-refractivity contribution in [3.05, 3.63) is 70.2 Å². The zero-order valence-corrected chi connectivity index (χ0v) is 12.5. The van der Waals surface area contributed by atoms with Crippen molar-refractivity contribution in [2.75, 3.05) is 7.05 Å². The monoisotopic (exact) mass is 303 g/mol. The van der Waals surface area contributed by atoms with Gasteiger partial charge in [0.2, 0.25) is 0 Å². The molecule has 108 valence electrons. The number of nitrogens with one attached hydrogen (secondary N) is 1. The highest BCUT2D eigenvalue weighted by Gasteiger charge is 2.19. The van der Waals surface area contributed by atoms with Crippen LogP contribution in [0.4, 0.5) is 4.39 Å². The summed E-state index contributed by atoms with van der Waals surface area (Å²) in [6, 6.07) is 12.2. The Hall–Kier alpha value is -1.84. The zero-order valence-electron chi connectivity index (χ0n) is 11.8. The lowest BCUT2D eigenvalue weighted by molar-refractivity contribution is 0.491. The third-order valence-corrected chi connectivity index (χ3v) is 3.86. The lowest BCUT2D eigenvalue weighted by Gasteiger charge is -2.15. The van der Waals surface area contributed by atoms with Gasteiger partial charge in [-0.15, -0.1) is 0 Å². The third kappa shape index (κ3) is 2.67. The molecule has 1 N–H and O–H groups in total. The standard InChI is InChI=1S/C17H15ClFNO/c1-10-3-6-15-11(7-10)8-16(21-15)17(20-2)13-5-4-12(19)9-14(13)18/h3-9,17,20H,1-2H3. The number of rotatable bonds is 3. The molecule has 3 aromatic rings. The SMILES string of the molecule is CNC(c1cc2cc(C)ccc2o1)c1ccc(F)cc1Cl. The highest BCUT2D eigenvalue weighted by molar-refractivity contribution is 6.31. The van der Waals surface area contributed by atoms with Gasteiger partial charge in [0, 0.05) is 10.4 Å². The maximum absolute atomic E-state index is 13.2. The molecule has 2 aromatic carbocycles. The minimum absolute atomic E-state index is 0.217. The van der Waals surface area contributed by atoms with Crippen LogP contribution < -0.4 is 5.32 Å². The number of benzene rings is 2. The average Bonchev–Trinajstić information content (AvgIpc) is 2.84. The molecule has 0 saturated carbocycles. The first kappa shape index (κ1) is 14.1. The van der Waals surface area contributed by atoms with Crippen molar-refractivity contribution in [3.8, 4) is 0 Å². The van der Waals surface area contributed by atoms with E-state index in [9.17, 15) is 4.39 Å². The average molecular weight is 304 g/mol. The first-order valence-electron chi connectivity index (χ1n) is 6.71. The second-order valence-electron chi connectivity index (χ2n) is 5.08. The largest absolute Gasteiger partial charge is 0.459 e. The molecule has 0 aliphatic carbocycles. The Labute approximate surface area is 127 Å². The van der Waals surface area contributed by atoms with Crippen LogP contribution in [0.1, 0.15) is 22.9 Å². The molecule has 1 aromatic heterocycles. The summed E-state index contributed by atoms with van der Waals surface area (Å²) in [7, 11) is 1.82. The Kier molecular flexibility index (Phi) is 3.70. The van der Waals surface area contributed by atoms with E-state index in [0.717, 1.165) is 22.3 Å².